The van der Waals surface area contributed by atoms with E-state index in [1.165, 1.54) is 6.07 Å². The first-order chi connectivity index (χ1) is 8.70. The van der Waals surface area contributed by atoms with Crippen LogP contribution in [0.25, 0.3) is 0 Å². The molecule has 0 aliphatic carbocycles. The zero-order valence-electron chi connectivity index (χ0n) is 9.71. The molecule has 2 rings (SSSR count). The van der Waals surface area contributed by atoms with E-state index in [-0.39, 0.29) is 12.2 Å². The number of rotatable bonds is 5. The van der Waals surface area contributed by atoms with Crippen molar-refractivity contribution >= 4 is 5.97 Å². The molecule has 0 saturated carbocycles. The van der Waals surface area contributed by atoms with Crippen molar-refractivity contribution in [3.63, 3.8) is 0 Å². The normalized spacial score (nSPS) is 10.1. The summed E-state index contributed by atoms with van der Waals surface area (Å²) in [5, 5.41) is 10.6. The molecule has 0 N–H and O–H groups in total. The lowest BCUT2D eigenvalue weighted by molar-refractivity contribution is -0.255. The van der Waals surface area contributed by atoms with Gasteiger partial charge in [-0.2, -0.15) is 0 Å². The van der Waals surface area contributed by atoms with Crippen LogP contribution >= 0.6 is 0 Å². The van der Waals surface area contributed by atoms with Crippen LogP contribution in [0.15, 0.2) is 41.0 Å². The number of hydrogen-bond acceptors (Lipinski definition) is 5. The molecule has 0 fully saturated rings. The van der Waals surface area contributed by atoms with Crippen molar-refractivity contribution in [2.45, 2.75) is 6.61 Å². The van der Waals surface area contributed by atoms with Crippen molar-refractivity contribution in [3.05, 3.63) is 47.9 Å². The predicted octanol–water partition coefficient (Wildman–Crippen LogP) is 1.23. The lowest BCUT2D eigenvalue weighted by atomic mass is 10.3. The lowest BCUT2D eigenvalue weighted by Gasteiger charge is -2.08. The highest BCUT2D eigenvalue weighted by molar-refractivity contribution is 5.85. The number of benzene rings is 1. The number of carboxylic acid groups (broad SMARTS) is 1. The van der Waals surface area contributed by atoms with E-state index in [2.05, 4.69) is 0 Å². The van der Waals surface area contributed by atoms with Crippen LogP contribution in [0.5, 0.6) is 11.5 Å². The molecule has 0 amide bonds. The molecule has 5 heteroatoms. The second-order valence-electron chi connectivity index (χ2n) is 3.53. The molecule has 0 spiro atoms. The quantitative estimate of drug-likeness (QED) is 0.794. The fourth-order valence-corrected chi connectivity index (χ4v) is 1.45. The molecule has 0 aliphatic heterocycles. The van der Waals surface area contributed by atoms with Gasteiger partial charge in [0.2, 0.25) is 0 Å². The smallest absolute Gasteiger partial charge is 0.161 e. The summed E-state index contributed by atoms with van der Waals surface area (Å²) in [4.78, 5) is 10.6. The Balaban J connectivity index is 2.04. The Kier molecular flexibility index (Phi) is 3.52. The summed E-state index contributed by atoms with van der Waals surface area (Å²) in [5.41, 5.74) is -0.00590. The van der Waals surface area contributed by atoms with Crippen LogP contribution in [0.2, 0.25) is 0 Å². The number of carbonyl (C=O) groups excluding carboxylic acids is 1. The topological polar surface area (TPSA) is 71.7 Å². The number of para-hydroxylation sites is 2. The molecule has 0 saturated heterocycles. The number of carbonyl (C=O) groups is 1. The Labute approximate surface area is 104 Å². The first kappa shape index (κ1) is 12.0. The van der Waals surface area contributed by atoms with Gasteiger partial charge in [0, 0.05) is 5.56 Å². The maximum Gasteiger partial charge on any atom is 0.161 e. The molecule has 0 radical (unpaired) electrons. The minimum atomic E-state index is -1.28. The van der Waals surface area contributed by atoms with E-state index in [1.54, 1.807) is 19.2 Å². The number of ether oxygens (including phenoxy) is 2. The van der Waals surface area contributed by atoms with E-state index in [0.717, 1.165) is 6.26 Å². The van der Waals surface area contributed by atoms with Crippen molar-refractivity contribution in [1.82, 2.24) is 0 Å². The van der Waals surface area contributed by atoms with Gasteiger partial charge >= 0.3 is 0 Å². The van der Waals surface area contributed by atoms with E-state index < -0.39 is 5.97 Å². The molecule has 5 nitrogen and oxygen atoms in total. The van der Waals surface area contributed by atoms with Crippen molar-refractivity contribution in [3.8, 4) is 11.5 Å². The predicted molar refractivity (Wildman–Crippen MR) is 60.4 cm³/mol. The summed E-state index contributed by atoms with van der Waals surface area (Å²) in [7, 11) is 1.54. The van der Waals surface area contributed by atoms with Crippen LogP contribution in [0, 0.1) is 0 Å². The SMILES string of the molecule is COc1ccccc1OCc1cc(C(=O)[O-])co1. The van der Waals surface area contributed by atoms with Gasteiger partial charge in [-0.1, -0.05) is 12.1 Å². The zero-order chi connectivity index (χ0) is 13.0. The van der Waals surface area contributed by atoms with Crippen LogP contribution < -0.4 is 14.6 Å². The first-order valence-corrected chi connectivity index (χ1v) is 5.25. The van der Waals surface area contributed by atoms with Crippen molar-refractivity contribution < 1.29 is 23.8 Å². The van der Waals surface area contributed by atoms with Gasteiger partial charge in [0.05, 0.1) is 19.3 Å². The highest BCUT2D eigenvalue weighted by Gasteiger charge is 2.06. The third-order valence-electron chi connectivity index (χ3n) is 2.33. The van der Waals surface area contributed by atoms with Crippen LogP contribution in [0.3, 0.4) is 0 Å². The van der Waals surface area contributed by atoms with Crippen molar-refractivity contribution in [1.29, 1.82) is 0 Å². The largest absolute Gasteiger partial charge is 0.545 e. The van der Waals surface area contributed by atoms with Crippen molar-refractivity contribution in [2.24, 2.45) is 0 Å². The molecule has 0 atom stereocenters. The molecule has 0 unspecified atom stereocenters. The fraction of sp³-hybridized carbons (Fsp3) is 0.154. The van der Waals surface area contributed by atoms with Crippen LogP contribution in [0.1, 0.15) is 16.1 Å². The lowest BCUT2D eigenvalue weighted by Crippen LogP contribution is -2.21. The Morgan fingerprint density at radius 2 is 2.06 bits per heavy atom. The standard InChI is InChI=1S/C13H12O5/c1-16-11-4-2-3-5-12(11)18-8-10-6-9(7-17-10)13(14)15/h2-7H,8H2,1H3,(H,14,15)/p-1. The number of methoxy groups -OCH3 is 1. The minimum absolute atomic E-state index is 0.00590. The van der Waals surface area contributed by atoms with Gasteiger partial charge in [-0.15, -0.1) is 0 Å². The summed E-state index contributed by atoms with van der Waals surface area (Å²) >= 11 is 0. The average molecular weight is 247 g/mol. The maximum atomic E-state index is 10.6. The molecule has 1 aromatic carbocycles. The van der Waals surface area contributed by atoms with Gasteiger partial charge in [-0.05, 0) is 18.2 Å². The van der Waals surface area contributed by atoms with Crippen LogP contribution in [-0.2, 0) is 6.61 Å². The monoisotopic (exact) mass is 247 g/mol. The van der Waals surface area contributed by atoms with Crippen LogP contribution in [-0.4, -0.2) is 13.1 Å². The second kappa shape index (κ2) is 5.27. The molecule has 94 valence electrons. The number of carboxylic acids is 1. The van der Waals surface area contributed by atoms with Gasteiger partial charge in [-0.25, -0.2) is 0 Å². The molecule has 18 heavy (non-hydrogen) atoms. The number of hydrogen-bond donors (Lipinski definition) is 0. The van der Waals surface area contributed by atoms with Crippen molar-refractivity contribution in [2.75, 3.05) is 7.11 Å². The van der Waals surface area contributed by atoms with Gasteiger partial charge in [0.15, 0.2) is 11.5 Å². The fourth-order valence-electron chi connectivity index (χ4n) is 1.45. The summed E-state index contributed by atoms with van der Waals surface area (Å²) in [6.07, 6.45) is 1.12. The first-order valence-electron chi connectivity index (χ1n) is 5.25. The zero-order valence-corrected chi connectivity index (χ0v) is 9.71. The third-order valence-corrected chi connectivity index (χ3v) is 2.33. The van der Waals surface area contributed by atoms with Gasteiger partial charge < -0.3 is 23.8 Å². The Bertz CT molecular complexity index is 544. The van der Waals surface area contributed by atoms with Gasteiger partial charge in [-0.3, -0.25) is 0 Å². The highest BCUT2D eigenvalue weighted by Crippen LogP contribution is 2.26. The average Bonchev–Trinajstić information content (AvgIpc) is 2.85. The molecule has 1 aromatic heterocycles. The van der Waals surface area contributed by atoms with E-state index in [9.17, 15) is 9.90 Å². The molecule has 1 heterocycles. The summed E-state index contributed by atoms with van der Waals surface area (Å²) < 4.78 is 15.6. The molecule has 0 bridgehead atoms. The Morgan fingerprint density at radius 3 is 2.67 bits per heavy atom. The van der Waals surface area contributed by atoms with Gasteiger partial charge in [0.25, 0.3) is 0 Å². The highest BCUT2D eigenvalue weighted by atomic mass is 16.5. The summed E-state index contributed by atoms with van der Waals surface area (Å²) in [6.45, 7) is 0.119. The maximum absolute atomic E-state index is 10.6. The summed E-state index contributed by atoms with van der Waals surface area (Å²) in [6, 6.07) is 8.52. The Hall–Kier alpha value is -2.43. The molecule has 0 aliphatic rings. The van der Waals surface area contributed by atoms with E-state index in [1.807, 2.05) is 12.1 Å². The minimum Gasteiger partial charge on any atom is -0.545 e. The molecule has 2 aromatic rings. The summed E-state index contributed by atoms with van der Waals surface area (Å²) in [5.74, 6) is 0.290. The molecular formula is C13H11O5-. The third kappa shape index (κ3) is 2.63. The van der Waals surface area contributed by atoms with Gasteiger partial charge in [0.1, 0.15) is 12.4 Å². The van der Waals surface area contributed by atoms with E-state index in [0.29, 0.717) is 17.3 Å². The van der Waals surface area contributed by atoms with E-state index >= 15 is 0 Å². The van der Waals surface area contributed by atoms with Crippen LogP contribution in [0.4, 0.5) is 0 Å². The molecular weight excluding hydrogens is 236 g/mol. The second-order valence-corrected chi connectivity index (χ2v) is 3.53. The van der Waals surface area contributed by atoms with E-state index in [4.69, 9.17) is 13.9 Å². The number of aromatic carboxylic acids is 1. The number of furan rings is 1. The Morgan fingerprint density at radius 1 is 1.33 bits per heavy atom.